The molecule has 0 saturated heterocycles. The molecule has 0 fully saturated rings. The summed E-state index contributed by atoms with van der Waals surface area (Å²) in [6.07, 6.45) is 4.03. The first-order valence-corrected chi connectivity index (χ1v) is 9.35. The molecular weight excluding hydrogens is 356 g/mol. The molecule has 3 aromatic rings. The van der Waals surface area contributed by atoms with Gasteiger partial charge in [-0.05, 0) is 51.1 Å². The van der Waals surface area contributed by atoms with E-state index in [1.807, 2.05) is 29.4 Å². The first kappa shape index (κ1) is 16.9. The number of hydrogen-bond donors (Lipinski definition) is 0. The summed E-state index contributed by atoms with van der Waals surface area (Å²) in [5.74, 6) is 2.29. The summed E-state index contributed by atoms with van der Waals surface area (Å²) in [5, 5.41) is 4.86. The van der Waals surface area contributed by atoms with Gasteiger partial charge in [-0.15, -0.1) is 0 Å². The van der Waals surface area contributed by atoms with Gasteiger partial charge in [0.15, 0.2) is 11.5 Å². The standard InChI is InChI=1S/C21H22N4O3/c1-21(2,3)25-19(23-8-4-5-9-23)15-11-24(12-16(15)22-25)20(26)14-6-7-17-18(10-14)28-13-27-17/h4-10H,11-13H2,1-3H3. The van der Waals surface area contributed by atoms with E-state index in [-0.39, 0.29) is 18.2 Å². The van der Waals surface area contributed by atoms with Gasteiger partial charge in [0.2, 0.25) is 6.79 Å². The molecule has 0 spiro atoms. The predicted octanol–water partition coefficient (Wildman–Crippen LogP) is 3.31. The number of amides is 1. The van der Waals surface area contributed by atoms with Crippen molar-refractivity contribution in [3.05, 3.63) is 59.5 Å². The van der Waals surface area contributed by atoms with E-state index in [4.69, 9.17) is 14.6 Å². The average Bonchev–Trinajstić information content (AvgIpc) is 3.40. The van der Waals surface area contributed by atoms with Crippen molar-refractivity contribution in [3.63, 3.8) is 0 Å². The van der Waals surface area contributed by atoms with E-state index in [0.29, 0.717) is 30.2 Å². The number of carbonyl (C=O) groups is 1. The molecule has 144 valence electrons. The Morgan fingerprint density at radius 2 is 1.82 bits per heavy atom. The van der Waals surface area contributed by atoms with E-state index in [0.717, 1.165) is 17.1 Å². The van der Waals surface area contributed by atoms with Crippen LogP contribution in [-0.4, -0.2) is 31.9 Å². The Morgan fingerprint density at radius 3 is 2.57 bits per heavy atom. The van der Waals surface area contributed by atoms with Crippen molar-refractivity contribution in [2.45, 2.75) is 39.4 Å². The highest BCUT2D eigenvalue weighted by molar-refractivity contribution is 5.95. The van der Waals surface area contributed by atoms with Crippen LogP contribution in [0.15, 0.2) is 42.7 Å². The highest BCUT2D eigenvalue weighted by atomic mass is 16.7. The molecule has 0 aliphatic carbocycles. The fourth-order valence-corrected chi connectivity index (χ4v) is 3.77. The lowest BCUT2D eigenvalue weighted by atomic mass is 10.1. The maximum Gasteiger partial charge on any atom is 0.254 e. The number of fused-ring (bicyclic) bond motifs is 2. The fourth-order valence-electron chi connectivity index (χ4n) is 3.77. The van der Waals surface area contributed by atoms with Gasteiger partial charge in [-0.3, -0.25) is 4.79 Å². The molecular formula is C21H22N4O3. The maximum absolute atomic E-state index is 13.1. The van der Waals surface area contributed by atoms with Gasteiger partial charge in [0, 0.05) is 23.5 Å². The van der Waals surface area contributed by atoms with E-state index in [2.05, 4.69) is 30.0 Å². The summed E-state index contributed by atoms with van der Waals surface area (Å²) in [5.41, 5.74) is 2.49. The third-order valence-corrected chi connectivity index (χ3v) is 5.12. The molecule has 0 unspecified atom stereocenters. The molecule has 2 aromatic heterocycles. The summed E-state index contributed by atoms with van der Waals surface area (Å²) in [4.78, 5) is 14.9. The van der Waals surface area contributed by atoms with Gasteiger partial charge < -0.3 is 18.9 Å². The van der Waals surface area contributed by atoms with Gasteiger partial charge >= 0.3 is 0 Å². The average molecular weight is 378 g/mol. The van der Waals surface area contributed by atoms with Crippen molar-refractivity contribution < 1.29 is 14.3 Å². The molecule has 2 aliphatic heterocycles. The lowest BCUT2D eigenvalue weighted by Crippen LogP contribution is -2.29. The van der Waals surface area contributed by atoms with Gasteiger partial charge in [-0.1, -0.05) is 0 Å². The van der Waals surface area contributed by atoms with E-state index >= 15 is 0 Å². The third-order valence-electron chi connectivity index (χ3n) is 5.12. The quantitative estimate of drug-likeness (QED) is 0.686. The number of aromatic nitrogens is 3. The Bertz CT molecular complexity index is 1060. The third kappa shape index (κ3) is 2.58. The van der Waals surface area contributed by atoms with Crippen LogP contribution in [0.5, 0.6) is 11.5 Å². The van der Waals surface area contributed by atoms with E-state index in [1.54, 1.807) is 18.2 Å². The molecule has 0 atom stereocenters. The second-order valence-electron chi connectivity index (χ2n) is 8.15. The first-order chi connectivity index (χ1) is 13.4. The minimum Gasteiger partial charge on any atom is -0.454 e. The molecule has 0 N–H and O–H groups in total. The highest BCUT2D eigenvalue weighted by Crippen LogP contribution is 2.35. The number of ether oxygens (including phenoxy) is 2. The molecule has 4 heterocycles. The molecule has 5 rings (SSSR count). The van der Waals surface area contributed by atoms with Crippen LogP contribution in [0.2, 0.25) is 0 Å². The Hall–Kier alpha value is -3.22. The number of carbonyl (C=O) groups excluding carboxylic acids is 1. The minimum absolute atomic E-state index is 0.0305. The number of rotatable bonds is 2. The topological polar surface area (TPSA) is 61.5 Å². The van der Waals surface area contributed by atoms with Crippen LogP contribution < -0.4 is 9.47 Å². The molecule has 7 heteroatoms. The zero-order valence-corrected chi connectivity index (χ0v) is 16.2. The fraction of sp³-hybridized carbons (Fsp3) is 0.333. The van der Waals surface area contributed by atoms with E-state index < -0.39 is 0 Å². The molecule has 0 bridgehead atoms. The smallest absolute Gasteiger partial charge is 0.254 e. The molecule has 28 heavy (non-hydrogen) atoms. The van der Waals surface area contributed by atoms with Crippen molar-refractivity contribution in [1.82, 2.24) is 19.2 Å². The Kier molecular flexibility index (Phi) is 3.56. The van der Waals surface area contributed by atoms with Crippen LogP contribution in [0.25, 0.3) is 5.82 Å². The summed E-state index contributed by atoms with van der Waals surface area (Å²) >= 11 is 0. The largest absolute Gasteiger partial charge is 0.454 e. The molecule has 1 aromatic carbocycles. The summed E-state index contributed by atoms with van der Waals surface area (Å²) in [6.45, 7) is 7.64. The van der Waals surface area contributed by atoms with Gasteiger partial charge in [0.25, 0.3) is 5.91 Å². The van der Waals surface area contributed by atoms with Crippen molar-refractivity contribution >= 4 is 5.91 Å². The lowest BCUT2D eigenvalue weighted by Gasteiger charge is -2.24. The van der Waals surface area contributed by atoms with Gasteiger partial charge in [0.1, 0.15) is 5.82 Å². The first-order valence-electron chi connectivity index (χ1n) is 9.35. The maximum atomic E-state index is 13.1. The second-order valence-corrected chi connectivity index (χ2v) is 8.15. The summed E-state index contributed by atoms with van der Waals surface area (Å²) in [6, 6.07) is 9.32. The molecule has 1 amide bonds. The number of nitrogens with zero attached hydrogens (tertiary/aromatic N) is 4. The number of benzene rings is 1. The van der Waals surface area contributed by atoms with E-state index in [9.17, 15) is 4.79 Å². The van der Waals surface area contributed by atoms with Crippen molar-refractivity contribution in [1.29, 1.82) is 0 Å². The Balaban J connectivity index is 1.48. The van der Waals surface area contributed by atoms with Crippen LogP contribution in [0.1, 0.15) is 42.4 Å². The SMILES string of the molecule is CC(C)(C)n1nc2c(c1-n1cccc1)CN(C(=O)c1ccc3c(c1)OCO3)C2. The Labute approximate surface area is 163 Å². The minimum atomic E-state index is -0.157. The monoisotopic (exact) mass is 378 g/mol. The highest BCUT2D eigenvalue weighted by Gasteiger charge is 2.34. The predicted molar refractivity (Wildman–Crippen MR) is 103 cm³/mol. The normalized spacial score (nSPS) is 15.2. The molecule has 0 saturated carbocycles. The van der Waals surface area contributed by atoms with Crippen LogP contribution in [0.3, 0.4) is 0 Å². The molecule has 7 nitrogen and oxygen atoms in total. The van der Waals surface area contributed by atoms with Crippen molar-refractivity contribution in [2.24, 2.45) is 0 Å². The zero-order chi connectivity index (χ0) is 19.5. The molecule has 2 aliphatic rings. The second kappa shape index (κ2) is 5.89. The summed E-state index contributed by atoms with van der Waals surface area (Å²) < 4.78 is 14.9. The van der Waals surface area contributed by atoms with Gasteiger partial charge in [-0.25, -0.2) is 4.68 Å². The summed E-state index contributed by atoms with van der Waals surface area (Å²) in [7, 11) is 0. The van der Waals surface area contributed by atoms with Gasteiger partial charge in [0.05, 0.1) is 24.3 Å². The Morgan fingerprint density at radius 1 is 1.07 bits per heavy atom. The van der Waals surface area contributed by atoms with Crippen LogP contribution in [0.4, 0.5) is 0 Å². The number of hydrogen-bond acceptors (Lipinski definition) is 4. The van der Waals surface area contributed by atoms with Crippen LogP contribution in [0, 0.1) is 0 Å². The van der Waals surface area contributed by atoms with Crippen molar-refractivity contribution in [2.75, 3.05) is 6.79 Å². The van der Waals surface area contributed by atoms with Gasteiger partial charge in [-0.2, -0.15) is 5.10 Å². The lowest BCUT2D eigenvalue weighted by molar-refractivity contribution is 0.0748. The van der Waals surface area contributed by atoms with Crippen LogP contribution in [-0.2, 0) is 18.6 Å². The van der Waals surface area contributed by atoms with E-state index in [1.165, 1.54) is 0 Å². The van der Waals surface area contributed by atoms with Crippen LogP contribution >= 0.6 is 0 Å². The van der Waals surface area contributed by atoms with Crippen molar-refractivity contribution in [3.8, 4) is 17.3 Å². The zero-order valence-electron chi connectivity index (χ0n) is 16.2. The molecule has 0 radical (unpaired) electrons.